The van der Waals surface area contributed by atoms with Crippen molar-refractivity contribution in [3.05, 3.63) is 29.6 Å². The highest BCUT2D eigenvalue weighted by molar-refractivity contribution is 5.18. The number of nitrogens with zero attached hydrogens (tertiary/aromatic N) is 1. The van der Waals surface area contributed by atoms with Crippen LogP contribution >= 0.6 is 0 Å². The number of rotatable bonds is 2. The van der Waals surface area contributed by atoms with Gasteiger partial charge in [-0.05, 0) is 17.7 Å². The van der Waals surface area contributed by atoms with E-state index in [0.717, 1.165) is 24.4 Å². The first-order valence-corrected chi connectivity index (χ1v) is 4.77. The smallest absolute Gasteiger partial charge is 0.0733 e. The van der Waals surface area contributed by atoms with E-state index in [1.54, 1.807) is 6.20 Å². The second-order valence-electron chi connectivity index (χ2n) is 3.33. The van der Waals surface area contributed by atoms with E-state index in [1.807, 2.05) is 12.1 Å². The summed E-state index contributed by atoms with van der Waals surface area (Å²) in [5, 5.41) is 12.3. The standard InChI is InChI=1S/C10H14N2O2/c13-6-8-1-2-11-9(5-8)10-7-14-4-3-12-10/h1-2,5,10,12-13H,3-4,6-7H2/t10-/m0/s1. The number of nitrogens with one attached hydrogen (secondary N) is 1. The second kappa shape index (κ2) is 4.50. The minimum absolute atomic E-state index is 0.0586. The molecule has 4 nitrogen and oxygen atoms in total. The van der Waals surface area contributed by atoms with Crippen LogP contribution in [0.3, 0.4) is 0 Å². The monoisotopic (exact) mass is 194 g/mol. The lowest BCUT2D eigenvalue weighted by atomic mass is 10.1. The molecule has 2 N–H and O–H groups in total. The van der Waals surface area contributed by atoms with Crippen LogP contribution in [0.4, 0.5) is 0 Å². The van der Waals surface area contributed by atoms with E-state index in [9.17, 15) is 0 Å². The van der Waals surface area contributed by atoms with Gasteiger partial charge in [0.2, 0.25) is 0 Å². The molecule has 4 heteroatoms. The van der Waals surface area contributed by atoms with Crippen LogP contribution in [0.5, 0.6) is 0 Å². The van der Waals surface area contributed by atoms with Crippen LogP contribution < -0.4 is 5.32 Å². The normalized spacial score (nSPS) is 22.2. The van der Waals surface area contributed by atoms with E-state index in [4.69, 9.17) is 9.84 Å². The zero-order chi connectivity index (χ0) is 9.80. The number of ether oxygens (including phenoxy) is 1. The van der Waals surface area contributed by atoms with Gasteiger partial charge in [0.25, 0.3) is 0 Å². The van der Waals surface area contributed by atoms with Gasteiger partial charge in [0, 0.05) is 12.7 Å². The number of hydrogen-bond donors (Lipinski definition) is 2. The Morgan fingerprint density at radius 3 is 3.29 bits per heavy atom. The van der Waals surface area contributed by atoms with Crippen LogP contribution in [0, 0.1) is 0 Å². The molecule has 1 aliphatic heterocycles. The minimum atomic E-state index is 0.0586. The first-order valence-electron chi connectivity index (χ1n) is 4.77. The molecule has 1 atom stereocenters. The highest BCUT2D eigenvalue weighted by Crippen LogP contribution is 2.14. The topological polar surface area (TPSA) is 54.4 Å². The molecule has 0 amide bonds. The van der Waals surface area contributed by atoms with Crippen LogP contribution in [0.1, 0.15) is 17.3 Å². The Labute approximate surface area is 82.9 Å². The molecule has 0 aromatic carbocycles. The Morgan fingerprint density at radius 2 is 2.57 bits per heavy atom. The molecule has 2 rings (SSSR count). The molecule has 0 spiro atoms. The summed E-state index contributed by atoms with van der Waals surface area (Å²) in [5.41, 5.74) is 1.83. The zero-order valence-electron chi connectivity index (χ0n) is 7.94. The van der Waals surface area contributed by atoms with Gasteiger partial charge < -0.3 is 15.2 Å². The molecule has 0 radical (unpaired) electrons. The number of aliphatic hydroxyl groups excluding tert-OH is 1. The SMILES string of the molecule is OCc1ccnc([C@@H]2COCCN2)c1. The first kappa shape index (κ1) is 9.58. The predicted octanol–water partition coefficient (Wildman–Crippen LogP) is 0.235. The lowest BCUT2D eigenvalue weighted by Crippen LogP contribution is -2.35. The molecule has 14 heavy (non-hydrogen) atoms. The van der Waals surface area contributed by atoms with E-state index >= 15 is 0 Å². The Balaban J connectivity index is 2.13. The molecular formula is C10H14N2O2. The van der Waals surface area contributed by atoms with Gasteiger partial charge in [0.1, 0.15) is 0 Å². The molecule has 76 valence electrons. The van der Waals surface area contributed by atoms with E-state index < -0.39 is 0 Å². The van der Waals surface area contributed by atoms with Crippen LogP contribution in [0.2, 0.25) is 0 Å². The van der Waals surface area contributed by atoms with Crippen molar-refractivity contribution in [3.8, 4) is 0 Å². The maximum absolute atomic E-state index is 8.98. The Morgan fingerprint density at radius 1 is 1.64 bits per heavy atom. The van der Waals surface area contributed by atoms with Gasteiger partial charge in [-0.15, -0.1) is 0 Å². The van der Waals surface area contributed by atoms with Gasteiger partial charge in [0.15, 0.2) is 0 Å². The molecule has 1 aromatic rings. The lowest BCUT2D eigenvalue weighted by Gasteiger charge is -2.23. The van der Waals surface area contributed by atoms with Crippen LogP contribution in [0.25, 0.3) is 0 Å². The zero-order valence-corrected chi connectivity index (χ0v) is 7.94. The molecule has 1 saturated heterocycles. The Hall–Kier alpha value is -0.970. The summed E-state index contributed by atoms with van der Waals surface area (Å²) in [7, 11) is 0. The van der Waals surface area contributed by atoms with E-state index in [0.29, 0.717) is 6.61 Å². The molecule has 1 aliphatic rings. The lowest BCUT2D eigenvalue weighted by molar-refractivity contribution is 0.0755. The van der Waals surface area contributed by atoms with Crippen molar-refractivity contribution in [2.24, 2.45) is 0 Å². The maximum Gasteiger partial charge on any atom is 0.0733 e. The van der Waals surface area contributed by atoms with Gasteiger partial charge in [-0.2, -0.15) is 0 Å². The van der Waals surface area contributed by atoms with E-state index in [1.165, 1.54) is 0 Å². The fraction of sp³-hybridized carbons (Fsp3) is 0.500. The fourth-order valence-electron chi connectivity index (χ4n) is 1.54. The average molecular weight is 194 g/mol. The molecule has 1 aromatic heterocycles. The average Bonchev–Trinajstić information content (AvgIpc) is 2.30. The highest BCUT2D eigenvalue weighted by Gasteiger charge is 2.16. The Bertz CT molecular complexity index is 298. The van der Waals surface area contributed by atoms with Gasteiger partial charge in [-0.1, -0.05) is 0 Å². The summed E-state index contributed by atoms with van der Waals surface area (Å²) in [5.74, 6) is 0. The van der Waals surface area contributed by atoms with Crippen LogP contribution in [-0.2, 0) is 11.3 Å². The number of aromatic nitrogens is 1. The third kappa shape index (κ3) is 2.09. The molecular weight excluding hydrogens is 180 g/mol. The van der Waals surface area contributed by atoms with Crippen LogP contribution in [-0.4, -0.2) is 29.8 Å². The van der Waals surface area contributed by atoms with Crippen molar-refractivity contribution in [1.82, 2.24) is 10.3 Å². The van der Waals surface area contributed by atoms with E-state index in [-0.39, 0.29) is 12.6 Å². The molecule has 0 saturated carbocycles. The number of hydrogen-bond acceptors (Lipinski definition) is 4. The van der Waals surface area contributed by atoms with E-state index in [2.05, 4.69) is 10.3 Å². The molecule has 0 unspecified atom stereocenters. The minimum Gasteiger partial charge on any atom is -0.392 e. The molecule has 0 bridgehead atoms. The summed E-state index contributed by atoms with van der Waals surface area (Å²) in [6.45, 7) is 2.33. The van der Waals surface area contributed by atoms with Gasteiger partial charge in [-0.3, -0.25) is 4.98 Å². The number of pyridine rings is 1. The maximum atomic E-state index is 8.98. The molecule has 1 fully saturated rings. The van der Waals surface area contributed by atoms with Crippen molar-refractivity contribution >= 4 is 0 Å². The summed E-state index contributed by atoms with van der Waals surface area (Å²) in [6, 6.07) is 3.88. The largest absolute Gasteiger partial charge is 0.392 e. The molecule has 2 heterocycles. The second-order valence-corrected chi connectivity index (χ2v) is 3.33. The van der Waals surface area contributed by atoms with Gasteiger partial charge >= 0.3 is 0 Å². The Kier molecular flexibility index (Phi) is 3.08. The number of aliphatic hydroxyl groups is 1. The first-order chi connectivity index (χ1) is 6.90. The van der Waals surface area contributed by atoms with Gasteiger partial charge in [-0.25, -0.2) is 0 Å². The summed E-state index contributed by atoms with van der Waals surface area (Å²) < 4.78 is 5.35. The highest BCUT2D eigenvalue weighted by atomic mass is 16.5. The van der Waals surface area contributed by atoms with Crippen molar-refractivity contribution in [1.29, 1.82) is 0 Å². The number of morpholine rings is 1. The van der Waals surface area contributed by atoms with Crippen molar-refractivity contribution in [2.75, 3.05) is 19.8 Å². The van der Waals surface area contributed by atoms with Crippen LogP contribution in [0.15, 0.2) is 18.3 Å². The third-order valence-corrected chi connectivity index (χ3v) is 2.31. The summed E-state index contributed by atoms with van der Waals surface area (Å²) >= 11 is 0. The van der Waals surface area contributed by atoms with Gasteiger partial charge in [0.05, 0.1) is 31.6 Å². The van der Waals surface area contributed by atoms with Crippen molar-refractivity contribution in [2.45, 2.75) is 12.6 Å². The third-order valence-electron chi connectivity index (χ3n) is 2.31. The van der Waals surface area contributed by atoms with Crippen molar-refractivity contribution in [3.63, 3.8) is 0 Å². The molecule has 0 aliphatic carbocycles. The predicted molar refractivity (Wildman–Crippen MR) is 51.7 cm³/mol. The summed E-state index contributed by atoms with van der Waals surface area (Å²) in [4.78, 5) is 4.26. The van der Waals surface area contributed by atoms with Crippen molar-refractivity contribution < 1.29 is 9.84 Å². The summed E-state index contributed by atoms with van der Waals surface area (Å²) in [6.07, 6.45) is 1.72. The quantitative estimate of drug-likeness (QED) is 0.708. The fourth-order valence-corrected chi connectivity index (χ4v) is 1.54.